The second kappa shape index (κ2) is 5.82. The zero-order valence-electron chi connectivity index (χ0n) is 11.6. The second-order valence-corrected chi connectivity index (χ2v) is 5.73. The number of carbonyl (C=O) groups excluding carboxylic acids is 1. The van der Waals surface area contributed by atoms with E-state index in [4.69, 9.17) is 4.42 Å². The van der Waals surface area contributed by atoms with Gasteiger partial charge in [-0.3, -0.25) is 9.78 Å². The van der Waals surface area contributed by atoms with E-state index in [0.717, 1.165) is 22.0 Å². The average Bonchev–Trinajstić information content (AvgIpc) is 2.94. The van der Waals surface area contributed by atoms with E-state index >= 15 is 0 Å². The minimum absolute atomic E-state index is 0.0603. The van der Waals surface area contributed by atoms with Gasteiger partial charge >= 0.3 is 0 Å². The number of aryl methyl sites for hydroxylation is 1. The van der Waals surface area contributed by atoms with E-state index in [1.807, 2.05) is 36.5 Å². The first-order chi connectivity index (χ1) is 10.2. The van der Waals surface area contributed by atoms with Crippen LogP contribution < -0.4 is 0 Å². The molecule has 0 bridgehead atoms. The second-order valence-electron chi connectivity index (χ2n) is 4.88. The van der Waals surface area contributed by atoms with E-state index in [2.05, 4.69) is 27.8 Å². The van der Waals surface area contributed by atoms with Gasteiger partial charge in [0.25, 0.3) is 0 Å². The van der Waals surface area contributed by atoms with Crippen LogP contribution in [0.25, 0.3) is 11.0 Å². The highest BCUT2D eigenvalue weighted by Crippen LogP contribution is 2.27. The van der Waals surface area contributed by atoms with Gasteiger partial charge in [-0.1, -0.05) is 25.1 Å². The van der Waals surface area contributed by atoms with E-state index in [9.17, 15) is 4.79 Å². The lowest BCUT2D eigenvalue weighted by Gasteiger charge is -2.00. The number of para-hydroxylation sites is 1. The molecule has 0 spiro atoms. The van der Waals surface area contributed by atoms with Crippen LogP contribution in [-0.2, 0) is 12.8 Å². The summed E-state index contributed by atoms with van der Waals surface area (Å²) in [5, 5.41) is 0.919. The maximum Gasteiger partial charge on any atom is 0.203 e. The molecule has 0 amide bonds. The van der Waals surface area contributed by atoms with Crippen LogP contribution in [0, 0.1) is 0 Å². The molecule has 2 heterocycles. The Morgan fingerprint density at radius 1 is 1.29 bits per heavy atom. The summed E-state index contributed by atoms with van der Waals surface area (Å²) in [4.78, 5) is 16.6. The smallest absolute Gasteiger partial charge is 0.203 e. The standard InChI is InChI=1S/C17H14BrNO2/c1-2-11-6-7-13(19-10-11)9-15(20)16-8-12-4-3-5-14(18)17(12)21-16/h3-8,10H,2,9H2,1H3. The minimum Gasteiger partial charge on any atom is -0.452 e. The van der Waals surface area contributed by atoms with Gasteiger partial charge in [-0.2, -0.15) is 0 Å². The predicted octanol–water partition coefficient (Wildman–Crippen LogP) is 4.58. The molecule has 0 aliphatic carbocycles. The van der Waals surface area contributed by atoms with E-state index in [1.165, 1.54) is 5.56 Å². The largest absolute Gasteiger partial charge is 0.452 e. The number of nitrogens with zero attached hydrogens (tertiary/aromatic N) is 1. The van der Waals surface area contributed by atoms with Crippen LogP contribution in [0.2, 0.25) is 0 Å². The lowest BCUT2D eigenvalue weighted by Crippen LogP contribution is -2.04. The molecule has 106 valence electrons. The molecule has 3 rings (SSSR count). The molecule has 1 aromatic carbocycles. The molecule has 2 aromatic heterocycles. The number of benzene rings is 1. The molecule has 0 N–H and O–H groups in total. The van der Waals surface area contributed by atoms with Gasteiger partial charge in [-0.05, 0) is 46.1 Å². The Kier molecular flexibility index (Phi) is 3.88. The fraction of sp³-hybridized carbons (Fsp3) is 0.176. The summed E-state index contributed by atoms with van der Waals surface area (Å²) in [6.07, 6.45) is 3.01. The van der Waals surface area contributed by atoms with Crippen molar-refractivity contribution in [1.82, 2.24) is 4.98 Å². The number of ketones is 1. The summed E-state index contributed by atoms with van der Waals surface area (Å²) in [5.74, 6) is 0.313. The first kappa shape index (κ1) is 14.0. The SMILES string of the molecule is CCc1ccc(CC(=O)c2cc3cccc(Br)c3o2)nc1. The molecule has 0 aliphatic heterocycles. The quantitative estimate of drug-likeness (QED) is 0.651. The Labute approximate surface area is 131 Å². The Hall–Kier alpha value is -1.94. The number of Topliss-reactive ketones (excluding diaryl/α,β-unsaturated/α-hetero) is 1. The molecular weight excluding hydrogens is 330 g/mol. The van der Waals surface area contributed by atoms with E-state index in [-0.39, 0.29) is 12.2 Å². The summed E-state index contributed by atoms with van der Waals surface area (Å²) in [6.45, 7) is 2.08. The molecule has 0 aliphatic rings. The van der Waals surface area contributed by atoms with Crippen LogP contribution in [0.3, 0.4) is 0 Å². The number of aromatic nitrogens is 1. The van der Waals surface area contributed by atoms with Crippen LogP contribution in [0.1, 0.15) is 28.7 Å². The normalized spacial score (nSPS) is 11.0. The maximum atomic E-state index is 12.3. The van der Waals surface area contributed by atoms with Gasteiger partial charge < -0.3 is 4.42 Å². The van der Waals surface area contributed by atoms with Gasteiger partial charge in [0, 0.05) is 17.3 Å². The van der Waals surface area contributed by atoms with Crippen molar-refractivity contribution in [1.29, 1.82) is 0 Å². The van der Waals surface area contributed by atoms with Gasteiger partial charge in [0.1, 0.15) is 5.58 Å². The Balaban J connectivity index is 1.84. The van der Waals surface area contributed by atoms with Crippen LogP contribution in [0.15, 0.2) is 51.5 Å². The van der Waals surface area contributed by atoms with Crippen molar-refractivity contribution < 1.29 is 9.21 Å². The summed E-state index contributed by atoms with van der Waals surface area (Å²) in [5.41, 5.74) is 2.63. The predicted molar refractivity (Wildman–Crippen MR) is 85.6 cm³/mol. The number of hydrogen-bond acceptors (Lipinski definition) is 3. The highest BCUT2D eigenvalue weighted by Gasteiger charge is 2.14. The van der Waals surface area contributed by atoms with Crippen molar-refractivity contribution in [3.05, 3.63) is 64.1 Å². The van der Waals surface area contributed by atoms with E-state index in [0.29, 0.717) is 11.3 Å². The Morgan fingerprint density at radius 3 is 2.81 bits per heavy atom. The fourth-order valence-electron chi connectivity index (χ4n) is 2.19. The zero-order valence-corrected chi connectivity index (χ0v) is 13.2. The molecule has 0 saturated heterocycles. The maximum absolute atomic E-state index is 12.3. The molecule has 21 heavy (non-hydrogen) atoms. The van der Waals surface area contributed by atoms with Crippen LogP contribution in [0.5, 0.6) is 0 Å². The third-order valence-electron chi connectivity index (χ3n) is 3.41. The number of fused-ring (bicyclic) bond motifs is 1. The monoisotopic (exact) mass is 343 g/mol. The molecule has 0 radical (unpaired) electrons. The van der Waals surface area contributed by atoms with Gasteiger partial charge in [0.05, 0.1) is 10.9 Å². The molecule has 3 nitrogen and oxygen atoms in total. The minimum atomic E-state index is -0.0603. The highest BCUT2D eigenvalue weighted by atomic mass is 79.9. The number of carbonyl (C=O) groups is 1. The molecular formula is C17H14BrNO2. The van der Waals surface area contributed by atoms with Crippen molar-refractivity contribution >= 4 is 32.7 Å². The van der Waals surface area contributed by atoms with Gasteiger partial charge in [-0.25, -0.2) is 0 Å². The topological polar surface area (TPSA) is 43.1 Å². The Bertz CT molecular complexity index is 790. The van der Waals surface area contributed by atoms with Crippen molar-refractivity contribution in [2.24, 2.45) is 0 Å². The van der Waals surface area contributed by atoms with Crippen molar-refractivity contribution in [2.45, 2.75) is 19.8 Å². The van der Waals surface area contributed by atoms with Gasteiger partial charge in [0.2, 0.25) is 5.78 Å². The highest BCUT2D eigenvalue weighted by molar-refractivity contribution is 9.10. The molecule has 0 fully saturated rings. The first-order valence-electron chi connectivity index (χ1n) is 6.82. The number of pyridine rings is 1. The van der Waals surface area contributed by atoms with E-state index < -0.39 is 0 Å². The summed E-state index contributed by atoms with van der Waals surface area (Å²) < 4.78 is 6.50. The Morgan fingerprint density at radius 2 is 2.14 bits per heavy atom. The molecule has 0 saturated carbocycles. The zero-order chi connectivity index (χ0) is 14.8. The van der Waals surface area contributed by atoms with Crippen molar-refractivity contribution in [2.75, 3.05) is 0 Å². The fourth-order valence-corrected chi connectivity index (χ4v) is 2.65. The third kappa shape index (κ3) is 2.90. The van der Waals surface area contributed by atoms with E-state index in [1.54, 1.807) is 6.07 Å². The molecule has 0 unspecified atom stereocenters. The number of rotatable bonds is 4. The first-order valence-corrected chi connectivity index (χ1v) is 7.61. The number of furan rings is 1. The van der Waals surface area contributed by atoms with Gasteiger partial charge in [0.15, 0.2) is 5.76 Å². The number of hydrogen-bond donors (Lipinski definition) is 0. The summed E-state index contributed by atoms with van der Waals surface area (Å²) in [6, 6.07) is 11.4. The third-order valence-corrected chi connectivity index (χ3v) is 4.03. The lowest BCUT2D eigenvalue weighted by molar-refractivity contribution is 0.0967. The van der Waals surface area contributed by atoms with Gasteiger partial charge in [-0.15, -0.1) is 0 Å². The molecule has 3 aromatic rings. The number of halogens is 1. The summed E-state index contributed by atoms with van der Waals surface area (Å²) >= 11 is 3.42. The van der Waals surface area contributed by atoms with Crippen LogP contribution in [-0.4, -0.2) is 10.8 Å². The lowest BCUT2D eigenvalue weighted by atomic mass is 10.1. The van der Waals surface area contributed by atoms with Crippen LogP contribution >= 0.6 is 15.9 Å². The average molecular weight is 344 g/mol. The molecule has 4 heteroatoms. The van der Waals surface area contributed by atoms with Crippen molar-refractivity contribution in [3.63, 3.8) is 0 Å². The summed E-state index contributed by atoms with van der Waals surface area (Å²) in [7, 11) is 0. The van der Waals surface area contributed by atoms with Crippen LogP contribution in [0.4, 0.5) is 0 Å². The van der Waals surface area contributed by atoms with Crippen molar-refractivity contribution in [3.8, 4) is 0 Å². The molecule has 0 atom stereocenters.